The molecule has 4 rings (SSSR count). The minimum atomic E-state index is -0.381. The third kappa shape index (κ3) is 4.30. The summed E-state index contributed by atoms with van der Waals surface area (Å²) in [7, 11) is 0. The number of ether oxygens (including phenoxy) is 1. The van der Waals surface area contributed by atoms with E-state index >= 15 is 0 Å². The van der Waals surface area contributed by atoms with Gasteiger partial charge in [-0.05, 0) is 50.1 Å². The number of carbonyl (C=O) groups excluding carboxylic acids is 1. The average molecular weight is 419 g/mol. The first-order chi connectivity index (χ1) is 15.0. The minimum Gasteiger partial charge on any atom is -0.483 e. The van der Waals surface area contributed by atoms with Gasteiger partial charge < -0.3 is 19.5 Å². The van der Waals surface area contributed by atoms with E-state index in [1.165, 1.54) is 0 Å². The van der Waals surface area contributed by atoms with Crippen molar-refractivity contribution >= 4 is 27.9 Å². The van der Waals surface area contributed by atoms with E-state index in [1.54, 1.807) is 6.07 Å². The maximum absolute atomic E-state index is 12.4. The van der Waals surface area contributed by atoms with Crippen LogP contribution in [0.2, 0.25) is 0 Å². The molecule has 2 aromatic heterocycles. The molecule has 0 aliphatic heterocycles. The molecule has 0 fully saturated rings. The molecule has 4 aromatic rings. The fourth-order valence-corrected chi connectivity index (χ4v) is 3.71. The van der Waals surface area contributed by atoms with Crippen LogP contribution in [-0.4, -0.2) is 22.5 Å². The number of aryl methyl sites for hydroxylation is 2. The lowest BCUT2D eigenvalue weighted by Crippen LogP contribution is -2.31. The van der Waals surface area contributed by atoms with Crippen molar-refractivity contribution in [1.29, 1.82) is 0 Å². The van der Waals surface area contributed by atoms with Gasteiger partial charge in [-0.2, -0.15) is 0 Å². The van der Waals surface area contributed by atoms with E-state index < -0.39 is 0 Å². The molecule has 1 amide bonds. The molecule has 0 aliphatic carbocycles. The molecule has 0 unspecified atom stereocenters. The Morgan fingerprint density at radius 3 is 2.84 bits per heavy atom. The molecule has 2 N–H and O–H groups in total. The molecule has 2 heterocycles. The molecule has 31 heavy (non-hydrogen) atoms. The van der Waals surface area contributed by atoms with Crippen LogP contribution in [0.5, 0.6) is 5.75 Å². The summed E-state index contributed by atoms with van der Waals surface area (Å²) in [6.07, 6.45) is 1.73. The second-order valence-corrected chi connectivity index (χ2v) is 7.62. The van der Waals surface area contributed by atoms with Crippen LogP contribution in [0.15, 0.2) is 51.7 Å². The van der Waals surface area contributed by atoms with Crippen LogP contribution in [-0.2, 0) is 11.2 Å². The number of aromatic nitrogens is 2. The van der Waals surface area contributed by atoms with Gasteiger partial charge in [-0.1, -0.05) is 25.5 Å². The van der Waals surface area contributed by atoms with Gasteiger partial charge >= 0.3 is 5.63 Å². The number of hydrogen-bond donors (Lipinski definition) is 2. The number of para-hydroxylation sites is 2. The summed E-state index contributed by atoms with van der Waals surface area (Å²) in [6.45, 7) is 5.59. The number of amides is 1. The lowest BCUT2D eigenvalue weighted by Gasteiger charge is -2.14. The summed E-state index contributed by atoms with van der Waals surface area (Å²) < 4.78 is 11.2. The van der Waals surface area contributed by atoms with E-state index in [-0.39, 0.29) is 24.2 Å². The zero-order valence-corrected chi connectivity index (χ0v) is 17.8. The highest BCUT2D eigenvalue weighted by atomic mass is 16.5. The maximum atomic E-state index is 12.4. The summed E-state index contributed by atoms with van der Waals surface area (Å²) in [5.41, 5.74) is 3.56. The Hall–Kier alpha value is -3.61. The monoisotopic (exact) mass is 419 g/mol. The van der Waals surface area contributed by atoms with Gasteiger partial charge in [0.25, 0.3) is 5.91 Å². The van der Waals surface area contributed by atoms with Gasteiger partial charge in [0.15, 0.2) is 6.61 Å². The first kappa shape index (κ1) is 20.7. The van der Waals surface area contributed by atoms with Crippen LogP contribution in [0.4, 0.5) is 0 Å². The van der Waals surface area contributed by atoms with Crippen molar-refractivity contribution in [2.24, 2.45) is 0 Å². The van der Waals surface area contributed by atoms with Crippen LogP contribution in [0.25, 0.3) is 22.0 Å². The lowest BCUT2D eigenvalue weighted by molar-refractivity contribution is -0.123. The Balaban J connectivity index is 1.46. The van der Waals surface area contributed by atoms with Crippen LogP contribution < -0.4 is 15.7 Å². The number of carbonyl (C=O) groups is 1. The summed E-state index contributed by atoms with van der Waals surface area (Å²) in [4.78, 5) is 32.1. The van der Waals surface area contributed by atoms with E-state index in [2.05, 4.69) is 22.2 Å². The van der Waals surface area contributed by atoms with Gasteiger partial charge in [0, 0.05) is 17.0 Å². The van der Waals surface area contributed by atoms with E-state index in [1.807, 2.05) is 50.2 Å². The first-order valence-corrected chi connectivity index (χ1v) is 10.4. The highest BCUT2D eigenvalue weighted by Gasteiger charge is 2.16. The van der Waals surface area contributed by atoms with E-state index in [0.29, 0.717) is 22.7 Å². The van der Waals surface area contributed by atoms with Crippen molar-refractivity contribution in [2.45, 2.75) is 39.7 Å². The third-order valence-corrected chi connectivity index (χ3v) is 5.27. The predicted octanol–water partition coefficient (Wildman–Crippen LogP) is 4.19. The molecule has 0 spiro atoms. The van der Waals surface area contributed by atoms with Crippen molar-refractivity contribution in [2.75, 3.05) is 6.61 Å². The Morgan fingerprint density at radius 2 is 2.06 bits per heavy atom. The fraction of sp³-hybridized carbons (Fsp3) is 0.292. The first-order valence-electron chi connectivity index (χ1n) is 10.4. The number of benzene rings is 2. The maximum Gasteiger partial charge on any atom is 0.336 e. The van der Waals surface area contributed by atoms with E-state index in [9.17, 15) is 9.59 Å². The second-order valence-electron chi connectivity index (χ2n) is 7.62. The molecule has 0 bridgehead atoms. The summed E-state index contributed by atoms with van der Waals surface area (Å²) >= 11 is 0. The molecule has 7 nitrogen and oxygen atoms in total. The summed E-state index contributed by atoms with van der Waals surface area (Å²) in [6, 6.07) is 12.6. The van der Waals surface area contributed by atoms with Crippen molar-refractivity contribution in [3.05, 3.63) is 69.8 Å². The summed E-state index contributed by atoms with van der Waals surface area (Å²) in [5.74, 6) is 0.922. The number of nitrogens with one attached hydrogen (secondary N) is 2. The Labute approximate surface area is 179 Å². The number of rotatable bonds is 7. The number of aromatic amines is 1. The van der Waals surface area contributed by atoms with E-state index in [4.69, 9.17) is 9.15 Å². The number of fused-ring (bicyclic) bond motifs is 2. The van der Waals surface area contributed by atoms with Gasteiger partial charge in [0.1, 0.15) is 17.2 Å². The molecule has 1 atom stereocenters. The normalized spacial score (nSPS) is 12.2. The van der Waals surface area contributed by atoms with Gasteiger partial charge in [-0.15, -0.1) is 0 Å². The molecular formula is C24H25N3O4. The second kappa shape index (κ2) is 8.63. The average Bonchev–Trinajstić information content (AvgIpc) is 3.18. The van der Waals surface area contributed by atoms with Crippen molar-refractivity contribution in [1.82, 2.24) is 15.3 Å². The quantitative estimate of drug-likeness (QED) is 0.438. The molecule has 0 radical (unpaired) electrons. The fourth-order valence-electron chi connectivity index (χ4n) is 3.71. The van der Waals surface area contributed by atoms with E-state index in [0.717, 1.165) is 34.8 Å². The molecule has 7 heteroatoms. The highest BCUT2D eigenvalue weighted by Crippen LogP contribution is 2.29. The SMILES string of the molecule is CCCc1cc(=O)oc2c(C)c(OCC(=O)N[C@@H](C)c3nc4ccccc4[nH]3)ccc12. The number of nitrogens with zero attached hydrogens (tertiary/aromatic N) is 1. The summed E-state index contributed by atoms with van der Waals surface area (Å²) in [5, 5.41) is 3.79. The zero-order chi connectivity index (χ0) is 22.0. The lowest BCUT2D eigenvalue weighted by atomic mass is 10.0. The molecule has 0 saturated carbocycles. The predicted molar refractivity (Wildman–Crippen MR) is 119 cm³/mol. The molecule has 160 valence electrons. The van der Waals surface area contributed by atoms with Gasteiger partial charge in [-0.3, -0.25) is 4.79 Å². The molecule has 2 aromatic carbocycles. The van der Waals surface area contributed by atoms with Gasteiger partial charge in [0.05, 0.1) is 17.1 Å². The number of imidazole rings is 1. The molecule has 0 saturated heterocycles. The molecular weight excluding hydrogens is 394 g/mol. The van der Waals surface area contributed by atoms with Gasteiger partial charge in [0.2, 0.25) is 0 Å². The van der Waals surface area contributed by atoms with Crippen molar-refractivity contribution in [3.8, 4) is 5.75 Å². The Kier molecular flexibility index (Phi) is 5.75. The smallest absolute Gasteiger partial charge is 0.336 e. The number of H-pyrrole nitrogens is 1. The standard InChI is InChI=1S/C24H25N3O4/c1-4-7-16-12-22(29)31-23-14(2)20(11-10-17(16)23)30-13-21(28)25-15(3)24-26-18-8-5-6-9-19(18)27-24/h5-6,8-12,15H,4,7,13H2,1-3H3,(H,25,28)(H,26,27)/t15-/m0/s1. The third-order valence-electron chi connectivity index (χ3n) is 5.27. The number of hydrogen-bond acceptors (Lipinski definition) is 5. The van der Waals surface area contributed by atoms with Gasteiger partial charge in [-0.25, -0.2) is 9.78 Å². The molecule has 0 aliphatic rings. The minimum absolute atomic E-state index is 0.157. The largest absolute Gasteiger partial charge is 0.483 e. The highest BCUT2D eigenvalue weighted by molar-refractivity contribution is 5.85. The van der Waals surface area contributed by atoms with Crippen molar-refractivity contribution in [3.63, 3.8) is 0 Å². The van der Waals surface area contributed by atoms with Crippen LogP contribution in [0.1, 0.15) is 43.3 Å². The Morgan fingerprint density at radius 1 is 1.26 bits per heavy atom. The van der Waals surface area contributed by atoms with Crippen molar-refractivity contribution < 1.29 is 13.9 Å². The van der Waals surface area contributed by atoms with Crippen LogP contribution in [0.3, 0.4) is 0 Å². The zero-order valence-electron chi connectivity index (χ0n) is 17.8. The Bertz CT molecular complexity index is 1270. The topological polar surface area (TPSA) is 97.2 Å². The van der Waals surface area contributed by atoms with Crippen LogP contribution >= 0.6 is 0 Å². The van der Waals surface area contributed by atoms with Crippen LogP contribution in [0, 0.1) is 6.92 Å².